The zero-order valence-electron chi connectivity index (χ0n) is 12.8. The molecule has 0 radical (unpaired) electrons. The van der Waals surface area contributed by atoms with Crippen LogP contribution in [0.2, 0.25) is 5.02 Å². The molecule has 3 heterocycles. The summed E-state index contributed by atoms with van der Waals surface area (Å²) in [7, 11) is 0. The lowest BCUT2D eigenvalue weighted by Crippen LogP contribution is -2.04. The van der Waals surface area contributed by atoms with Crippen LogP contribution in [0.1, 0.15) is 5.56 Å². The average Bonchev–Trinajstić information content (AvgIpc) is 3.31. The molecule has 6 heteroatoms. The summed E-state index contributed by atoms with van der Waals surface area (Å²) in [6.07, 6.45) is 0.951. The number of ether oxygens (including phenoxy) is 2. The molecular weight excluding hydrogens is 326 g/mol. The van der Waals surface area contributed by atoms with Gasteiger partial charge in [-0.15, -0.1) is 0 Å². The van der Waals surface area contributed by atoms with Crippen molar-refractivity contribution in [2.75, 3.05) is 18.7 Å². The van der Waals surface area contributed by atoms with Crippen molar-refractivity contribution in [1.82, 2.24) is 9.78 Å². The number of hydrogen-bond donors (Lipinski definition) is 1. The Morgan fingerprint density at radius 1 is 1.04 bits per heavy atom. The fourth-order valence-corrected chi connectivity index (χ4v) is 3.35. The summed E-state index contributed by atoms with van der Waals surface area (Å²) in [5.41, 5.74) is 4.22. The number of halogens is 1. The third kappa shape index (κ3) is 2.05. The Hall–Kier alpha value is -2.66. The zero-order valence-corrected chi connectivity index (χ0v) is 13.5. The Morgan fingerprint density at radius 3 is 2.75 bits per heavy atom. The third-order valence-electron chi connectivity index (χ3n) is 4.37. The van der Waals surface area contributed by atoms with Gasteiger partial charge in [-0.1, -0.05) is 11.6 Å². The molecule has 2 aliphatic rings. The number of benzene rings is 2. The number of aromatic nitrogens is 2. The first kappa shape index (κ1) is 13.7. The van der Waals surface area contributed by atoms with E-state index in [0.29, 0.717) is 5.02 Å². The highest BCUT2D eigenvalue weighted by molar-refractivity contribution is 6.30. The molecule has 3 aromatic rings. The minimum atomic E-state index is 0.275. The van der Waals surface area contributed by atoms with Crippen molar-refractivity contribution in [2.24, 2.45) is 0 Å². The molecule has 0 spiro atoms. The standard InChI is InChI=1S/C18H14ClN3O2/c19-12-2-4-13(5-3-12)22-18-14(7-8-20-18)17(21-22)11-1-6-15-16(9-11)24-10-23-15/h1-6,9,20H,7-8,10H2. The molecule has 0 aliphatic carbocycles. The Balaban J connectivity index is 1.65. The third-order valence-corrected chi connectivity index (χ3v) is 4.62. The van der Waals surface area contributed by atoms with Gasteiger partial charge < -0.3 is 14.8 Å². The number of nitrogens with one attached hydrogen (secondary N) is 1. The van der Waals surface area contributed by atoms with Crippen molar-refractivity contribution < 1.29 is 9.47 Å². The quantitative estimate of drug-likeness (QED) is 0.769. The van der Waals surface area contributed by atoms with Gasteiger partial charge in [-0.3, -0.25) is 0 Å². The summed E-state index contributed by atoms with van der Waals surface area (Å²) in [5, 5.41) is 8.99. The molecule has 5 rings (SSSR count). The van der Waals surface area contributed by atoms with E-state index in [-0.39, 0.29) is 6.79 Å². The predicted octanol–water partition coefficient (Wildman–Crippen LogP) is 3.89. The maximum absolute atomic E-state index is 6.00. The van der Waals surface area contributed by atoms with E-state index in [1.165, 1.54) is 5.56 Å². The number of nitrogens with zero attached hydrogens (tertiary/aromatic N) is 2. The number of hydrogen-bond acceptors (Lipinski definition) is 4. The van der Waals surface area contributed by atoms with Crippen LogP contribution >= 0.6 is 11.6 Å². The van der Waals surface area contributed by atoms with Crippen molar-refractivity contribution in [2.45, 2.75) is 6.42 Å². The second-order valence-corrected chi connectivity index (χ2v) is 6.25. The molecule has 0 fully saturated rings. The highest BCUT2D eigenvalue weighted by atomic mass is 35.5. The van der Waals surface area contributed by atoms with Crippen molar-refractivity contribution in [3.05, 3.63) is 53.1 Å². The van der Waals surface area contributed by atoms with E-state index in [2.05, 4.69) is 5.32 Å². The van der Waals surface area contributed by atoms with Crippen LogP contribution in [0.15, 0.2) is 42.5 Å². The van der Waals surface area contributed by atoms with Crippen LogP contribution in [0.3, 0.4) is 0 Å². The summed E-state index contributed by atoms with van der Waals surface area (Å²) >= 11 is 6.00. The molecule has 1 aromatic heterocycles. The van der Waals surface area contributed by atoms with Crippen molar-refractivity contribution in [1.29, 1.82) is 0 Å². The SMILES string of the molecule is Clc1ccc(-n2nc(-c3ccc4c(c3)OCO4)c3c2NCC3)cc1. The largest absolute Gasteiger partial charge is 0.454 e. The Bertz CT molecular complexity index is 934. The summed E-state index contributed by atoms with van der Waals surface area (Å²) < 4.78 is 12.8. The van der Waals surface area contributed by atoms with E-state index in [4.69, 9.17) is 26.2 Å². The number of fused-ring (bicyclic) bond motifs is 2. The highest BCUT2D eigenvalue weighted by Gasteiger charge is 2.25. The first-order valence-electron chi connectivity index (χ1n) is 7.81. The first-order chi connectivity index (χ1) is 11.8. The van der Waals surface area contributed by atoms with E-state index in [1.807, 2.05) is 47.1 Å². The molecule has 1 N–H and O–H groups in total. The molecule has 0 saturated heterocycles. The first-order valence-corrected chi connectivity index (χ1v) is 8.19. The maximum atomic E-state index is 6.00. The Kier molecular flexibility index (Phi) is 2.97. The van der Waals surface area contributed by atoms with Gasteiger partial charge in [0.25, 0.3) is 0 Å². The molecule has 0 amide bonds. The van der Waals surface area contributed by atoms with Crippen LogP contribution in [-0.2, 0) is 6.42 Å². The maximum Gasteiger partial charge on any atom is 0.231 e. The summed E-state index contributed by atoms with van der Waals surface area (Å²) in [4.78, 5) is 0. The summed E-state index contributed by atoms with van der Waals surface area (Å²) in [6.45, 7) is 1.19. The fraction of sp³-hybridized carbons (Fsp3) is 0.167. The monoisotopic (exact) mass is 339 g/mol. The van der Waals surface area contributed by atoms with Crippen molar-refractivity contribution in [3.63, 3.8) is 0 Å². The van der Waals surface area contributed by atoms with Crippen LogP contribution in [-0.4, -0.2) is 23.1 Å². The lowest BCUT2D eigenvalue weighted by Gasteiger charge is -2.06. The average molecular weight is 340 g/mol. The molecule has 0 atom stereocenters. The minimum Gasteiger partial charge on any atom is -0.454 e. The molecule has 0 unspecified atom stereocenters. The van der Waals surface area contributed by atoms with E-state index >= 15 is 0 Å². The van der Waals surface area contributed by atoms with Crippen molar-refractivity contribution >= 4 is 17.4 Å². The van der Waals surface area contributed by atoms with Gasteiger partial charge in [-0.05, 0) is 48.9 Å². The summed E-state index contributed by atoms with van der Waals surface area (Å²) in [6, 6.07) is 13.7. The molecule has 0 saturated carbocycles. The Morgan fingerprint density at radius 2 is 1.88 bits per heavy atom. The number of rotatable bonds is 2. The van der Waals surface area contributed by atoms with Crippen LogP contribution in [0.4, 0.5) is 5.82 Å². The summed E-state index contributed by atoms with van der Waals surface area (Å²) in [5.74, 6) is 2.60. The fourth-order valence-electron chi connectivity index (χ4n) is 3.22. The minimum absolute atomic E-state index is 0.275. The molecule has 24 heavy (non-hydrogen) atoms. The smallest absolute Gasteiger partial charge is 0.231 e. The van der Waals surface area contributed by atoms with Crippen LogP contribution in [0.25, 0.3) is 16.9 Å². The molecule has 0 bridgehead atoms. The van der Waals surface area contributed by atoms with Gasteiger partial charge >= 0.3 is 0 Å². The van der Waals surface area contributed by atoms with Gasteiger partial charge in [0, 0.05) is 22.7 Å². The van der Waals surface area contributed by atoms with Crippen LogP contribution in [0, 0.1) is 0 Å². The van der Waals surface area contributed by atoms with Crippen LogP contribution in [0.5, 0.6) is 11.5 Å². The predicted molar refractivity (Wildman–Crippen MR) is 92.3 cm³/mol. The topological polar surface area (TPSA) is 48.3 Å². The van der Waals surface area contributed by atoms with E-state index in [9.17, 15) is 0 Å². The second kappa shape index (κ2) is 5.18. The molecule has 2 aromatic carbocycles. The normalized spacial score (nSPS) is 14.5. The second-order valence-electron chi connectivity index (χ2n) is 5.81. The van der Waals surface area contributed by atoms with Crippen molar-refractivity contribution in [3.8, 4) is 28.4 Å². The van der Waals surface area contributed by atoms with Gasteiger partial charge in [0.15, 0.2) is 11.5 Å². The van der Waals surface area contributed by atoms with Gasteiger partial charge in [0.1, 0.15) is 5.82 Å². The van der Waals surface area contributed by atoms with Crippen LogP contribution < -0.4 is 14.8 Å². The highest BCUT2D eigenvalue weighted by Crippen LogP contribution is 2.39. The van der Waals surface area contributed by atoms with E-state index in [1.54, 1.807) is 0 Å². The van der Waals surface area contributed by atoms with E-state index in [0.717, 1.165) is 47.2 Å². The molecule has 5 nitrogen and oxygen atoms in total. The van der Waals surface area contributed by atoms with E-state index < -0.39 is 0 Å². The zero-order chi connectivity index (χ0) is 16.1. The van der Waals surface area contributed by atoms with Gasteiger partial charge in [0.05, 0.1) is 11.4 Å². The molecular formula is C18H14ClN3O2. The number of anilines is 1. The van der Waals surface area contributed by atoms with Gasteiger partial charge in [-0.2, -0.15) is 5.10 Å². The molecule has 2 aliphatic heterocycles. The van der Waals surface area contributed by atoms with Gasteiger partial charge in [-0.25, -0.2) is 4.68 Å². The Labute approximate surface area is 143 Å². The van der Waals surface area contributed by atoms with Gasteiger partial charge in [0.2, 0.25) is 6.79 Å². The lowest BCUT2D eigenvalue weighted by atomic mass is 10.1. The molecule has 120 valence electrons. The lowest BCUT2D eigenvalue weighted by molar-refractivity contribution is 0.174.